The van der Waals surface area contributed by atoms with Gasteiger partial charge in [0.15, 0.2) is 0 Å². The summed E-state index contributed by atoms with van der Waals surface area (Å²) in [5.74, 6) is -0.361. The summed E-state index contributed by atoms with van der Waals surface area (Å²) in [6, 6.07) is 3.50. The van der Waals surface area contributed by atoms with E-state index in [9.17, 15) is 14.4 Å². The molecule has 0 aliphatic rings. The molecule has 3 N–H and O–H groups in total. The van der Waals surface area contributed by atoms with Crippen LogP contribution >= 0.6 is 0 Å². The van der Waals surface area contributed by atoms with E-state index in [-0.39, 0.29) is 19.0 Å². The number of rotatable bonds is 7. The molecule has 7 nitrogen and oxygen atoms in total. The van der Waals surface area contributed by atoms with E-state index in [4.69, 9.17) is 0 Å². The van der Waals surface area contributed by atoms with E-state index < -0.39 is 11.9 Å². The second kappa shape index (κ2) is 9.91. The van der Waals surface area contributed by atoms with Crippen molar-refractivity contribution >= 4 is 23.5 Å². The molecule has 1 aromatic carbocycles. The first-order chi connectivity index (χ1) is 12.1. The molecule has 0 heterocycles. The average molecular weight is 362 g/mol. The average Bonchev–Trinajstić information content (AvgIpc) is 2.48. The van der Waals surface area contributed by atoms with E-state index in [2.05, 4.69) is 16.0 Å². The van der Waals surface area contributed by atoms with Gasteiger partial charge in [0.25, 0.3) is 0 Å². The number of nitrogens with one attached hydrogen (secondary N) is 3. The number of hydrogen-bond acceptors (Lipinski definition) is 4. The van der Waals surface area contributed by atoms with Crippen molar-refractivity contribution in [3.63, 3.8) is 0 Å². The number of benzene rings is 1. The number of anilines is 1. The minimum Gasteiger partial charge on any atom is -0.338 e. The fourth-order valence-corrected chi connectivity index (χ4v) is 2.61. The molecule has 26 heavy (non-hydrogen) atoms. The standard InChI is InChI=1S/C19H30N4O3/c1-12(2)9-20-19(26)22-17(25)11-23(6)10-16(24)21-18-14(4)7-13(3)8-15(18)5/h7-8,12H,9-11H2,1-6H3,(H,21,24)(H2,20,22,25,26). The van der Waals surface area contributed by atoms with Gasteiger partial charge in [0.2, 0.25) is 11.8 Å². The van der Waals surface area contributed by atoms with Crippen molar-refractivity contribution in [1.29, 1.82) is 0 Å². The first kappa shape index (κ1) is 21.6. The Balaban J connectivity index is 2.47. The number of aryl methyl sites for hydroxylation is 3. The molecule has 0 fully saturated rings. The van der Waals surface area contributed by atoms with E-state index in [1.54, 1.807) is 11.9 Å². The summed E-state index contributed by atoms with van der Waals surface area (Å²) in [7, 11) is 1.65. The van der Waals surface area contributed by atoms with Crippen molar-refractivity contribution in [3.8, 4) is 0 Å². The number of urea groups is 1. The molecule has 1 rings (SSSR count). The molecule has 0 atom stereocenters. The van der Waals surface area contributed by atoms with Gasteiger partial charge < -0.3 is 10.6 Å². The Bertz CT molecular complexity index is 648. The number of carbonyl (C=O) groups is 3. The van der Waals surface area contributed by atoms with Crippen molar-refractivity contribution < 1.29 is 14.4 Å². The van der Waals surface area contributed by atoms with Gasteiger partial charge >= 0.3 is 6.03 Å². The maximum absolute atomic E-state index is 12.2. The summed E-state index contributed by atoms with van der Waals surface area (Å²) >= 11 is 0. The third kappa shape index (κ3) is 7.65. The van der Waals surface area contributed by atoms with Crippen LogP contribution in [0.1, 0.15) is 30.5 Å². The van der Waals surface area contributed by atoms with E-state index >= 15 is 0 Å². The fraction of sp³-hybridized carbons (Fsp3) is 0.526. The molecule has 0 aliphatic carbocycles. The van der Waals surface area contributed by atoms with Crippen LogP contribution in [-0.4, -0.2) is 49.4 Å². The van der Waals surface area contributed by atoms with Crippen molar-refractivity contribution in [2.75, 3.05) is 32.0 Å². The van der Waals surface area contributed by atoms with Crippen molar-refractivity contribution in [1.82, 2.24) is 15.5 Å². The Morgan fingerprint density at radius 1 is 1.00 bits per heavy atom. The summed E-state index contributed by atoms with van der Waals surface area (Å²) in [6.45, 7) is 10.3. The van der Waals surface area contributed by atoms with Gasteiger partial charge in [-0.3, -0.25) is 19.8 Å². The molecule has 0 saturated carbocycles. The minimum absolute atomic E-state index is 0.0472. The Morgan fingerprint density at radius 3 is 2.08 bits per heavy atom. The summed E-state index contributed by atoms with van der Waals surface area (Å²) < 4.78 is 0. The molecule has 4 amide bonds. The largest absolute Gasteiger partial charge is 0.338 e. The molecule has 0 aliphatic heterocycles. The summed E-state index contributed by atoms with van der Waals surface area (Å²) in [5, 5.41) is 7.75. The summed E-state index contributed by atoms with van der Waals surface area (Å²) in [5.41, 5.74) is 3.94. The number of amides is 4. The first-order valence-electron chi connectivity index (χ1n) is 8.72. The highest BCUT2D eigenvalue weighted by Crippen LogP contribution is 2.21. The van der Waals surface area contributed by atoms with Crippen LogP contribution in [0.5, 0.6) is 0 Å². The second-order valence-electron chi connectivity index (χ2n) is 7.15. The zero-order chi connectivity index (χ0) is 19.9. The molecule has 7 heteroatoms. The van der Waals surface area contributed by atoms with Crippen LogP contribution in [-0.2, 0) is 9.59 Å². The third-order valence-corrected chi connectivity index (χ3v) is 3.69. The second-order valence-corrected chi connectivity index (χ2v) is 7.15. The highest BCUT2D eigenvalue weighted by molar-refractivity contribution is 5.96. The van der Waals surface area contributed by atoms with E-state index in [1.165, 1.54) is 0 Å². The van der Waals surface area contributed by atoms with Gasteiger partial charge in [-0.25, -0.2) is 4.79 Å². The fourth-order valence-electron chi connectivity index (χ4n) is 2.61. The molecule has 144 valence electrons. The zero-order valence-electron chi connectivity index (χ0n) is 16.5. The highest BCUT2D eigenvalue weighted by Gasteiger charge is 2.14. The molecule has 1 aromatic rings. The Hall–Kier alpha value is -2.41. The lowest BCUT2D eigenvalue weighted by molar-refractivity contribution is -0.122. The predicted molar refractivity (Wildman–Crippen MR) is 103 cm³/mol. The number of hydrogen-bond donors (Lipinski definition) is 3. The number of nitrogens with zero attached hydrogens (tertiary/aromatic N) is 1. The maximum atomic E-state index is 12.2. The van der Waals surface area contributed by atoms with Gasteiger partial charge in [0.05, 0.1) is 13.1 Å². The van der Waals surface area contributed by atoms with E-state index in [1.807, 2.05) is 46.8 Å². The Kier molecular flexibility index (Phi) is 8.25. The molecule has 0 spiro atoms. The van der Waals surface area contributed by atoms with Crippen LogP contribution < -0.4 is 16.0 Å². The normalized spacial score (nSPS) is 10.8. The maximum Gasteiger partial charge on any atom is 0.321 e. The highest BCUT2D eigenvalue weighted by atomic mass is 16.2. The molecule has 0 radical (unpaired) electrons. The lowest BCUT2D eigenvalue weighted by Gasteiger charge is -2.18. The van der Waals surface area contributed by atoms with Crippen molar-refractivity contribution in [2.24, 2.45) is 5.92 Å². The number of imide groups is 1. The van der Waals surface area contributed by atoms with Gasteiger partial charge in [-0.1, -0.05) is 31.5 Å². The van der Waals surface area contributed by atoms with Crippen LogP contribution in [0.4, 0.5) is 10.5 Å². The van der Waals surface area contributed by atoms with Crippen LogP contribution in [0.3, 0.4) is 0 Å². The number of carbonyl (C=O) groups excluding carboxylic acids is 3. The smallest absolute Gasteiger partial charge is 0.321 e. The lowest BCUT2D eigenvalue weighted by atomic mass is 10.1. The van der Waals surface area contributed by atoms with Crippen molar-refractivity contribution in [3.05, 3.63) is 28.8 Å². The minimum atomic E-state index is -0.521. The molecule has 0 saturated heterocycles. The SMILES string of the molecule is Cc1cc(C)c(NC(=O)CN(C)CC(=O)NC(=O)NCC(C)C)c(C)c1. The molecular weight excluding hydrogens is 332 g/mol. The van der Waals surface area contributed by atoms with Crippen LogP contribution in [0, 0.1) is 26.7 Å². The molecule has 0 unspecified atom stereocenters. The molecule has 0 aromatic heterocycles. The van der Waals surface area contributed by atoms with Crippen molar-refractivity contribution in [2.45, 2.75) is 34.6 Å². The Morgan fingerprint density at radius 2 is 1.54 bits per heavy atom. The Labute approximate surface area is 155 Å². The monoisotopic (exact) mass is 362 g/mol. The van der Waals surface area contributed by atoms with Gasteiger partial charge in [0.1, 0.15) is 0 Å². The van der Waals surface area contributed by atoms with Crippen LogP contribution in [0.25, 0.3) is 0 Å². The zero-order valence-corrected chi connectivity index (χ0v) is 16.5. The van der Waals surface area contributed by atoms with Crippen LogP contribution in [0.2, 0.25) is 0 Å². The van der Waals surface area contributed by atoms with Gasteiger partial charge in [-0.2, -0.15) is 0 Å². The summed E-state index contributed by atoms with van der Waals surface area (Å²) in [4.78, 5) is 37.2. The molecule has 0 bridgehead atoms. The van der Waals surface area contributed by atoms with Crippen LogP contribution in [0.15, 0.2) is 12.1 Å². The van der Waals surface area contributed by atoms with Gasteiger partial charge in [-0.05, 0) is 44.9 Å². The molecular formula is C19H30N4O3. The third-order valence-electron chi connectivity index (χ3n) is 3.69. The van der Waals surface area contributed by atoms with E-state index in [0.29, 0.717) is 12.5 Å². The summed E-state index contributed by atoms with van der Waals surface area (Å²) in [6.07, 6.45) is 0. The first-order valence-corrected chi connectivity index (χ1v) is 8.72. The van der Waals surface area contributed by atoms with Gasteiger partial charge in [0, 0.05) is 12.2 Å². The predicted octanol–water partition coefficient (Wildman–Crippen LogP) is 1.96. The van der Waals surface area contributed by atoms with E-state index in [0.717, 1.165) is 22.4 Å². The number of likely N-dealkylation sites (N-methyl/N-ethyl adjacent to an activating group) is 1. The quantitative estimate of drug-likeness (QED) is 0.692. The lowest BCUT2D eigenvalue weighted by Crippen LogP contribution is -2.45. The topological polar surface area (TPSA) is 90.5 Å². The van der Waals surface area contributed by atoms with Gasteiger partial charge in [-0.15, -0.1) is 0 Å².